The van der Waals surface area contributed by atoms with E-state index in [-0.39, 0.29) is 6.09 Å². The largest absolute Gasteiger partial charge is 0.449 e. The second kappa shape index (κ2) is 7.02. The van der Waals surface area contributed by atoms with Crippen LogP contribution in [0.2, 0.25) is 0 Å². The lowest BCUT2D eigenvalue weighted by Gasteiger charge is -2.38. The van der Waals surface area contributed by atoms with Gasteiger partial charge in [0.1, 0.15) is 0 Å². The van der Waals surface area contributed by atoms with E-state index in [1.54, 1.807) is 4.90 Å². The van der Waals surface area contributed by atoms with Crippen LogP contribution in [0.15, 0.2) is 30.3 Å². The molecule has 0 saturated carbocycles. The van der Waals surface area contributed by atoms with Gasteiger partial charge >= 0.3 is 6.09 Å². The fraction of sp³-hybridized carbons (Fsp3) is 0.533. The van der Waals surface area contributed by atoms with Gasteiger partial charge in [-0.25, -0.2) is 4.79 Å². The number of ether oxygens (including phenoxy) is 1. The van der Waals surface area contributed by atoms with Crippen molar-refractivity contribution in [3.63, 3.8) is 0 Å². The van der Waals surface area contributed by atoms with E-state index in [1.807, 2.05) is 18.2 Å². The van der Waals surface area contributed by atoms with Crippen molar-refractivity contribution in [2.75, 3.05) is 31.6 Å². The number of carbonyl (C=O) groups excluding carboxylic acids is 1. The van der Waals surface area contributed by atoms with Crippen LogP contribution in [0.1, 0.15) is 19.8 Å². The minimum absolute atomic E-state index is 0.163. The Bertz CT molecular complexity index is 388. The molecule has 0 atom stereocenters. The van der Waals surface area contributed by atoms with Crippen LogP contribution in [-0.4, -0.2) is 37.2 Å². The zero-order chi connectivity index (χ0) is 13.5. The summed E-state index contributed by atoms with van der Waals surface area (Å²) in [6.45, 7) is 5.12. The second-order valence-corrected chi connectivity index (χ2v) is 4.99. The monoisotopic (exact) mass is 262 g/mol. The maximum Gasteiger partial charge on any atom is 0.409 e. The maximum atomic E-state index is 11.6. The molecule has 19 heavy (non-hydrogen) atoms. The van der Waals surface area contributed by atoms with Crippen LogP contribution in [-0.2, 0) is 4.74 Å². The lowest BCUT2D eigenvalue weighted by molar-refractivity contribution is 0.0566. The van der Waals surface area contributed by atoms with Gasteiger partial charge in [0.05, 0.1) is 6.61 Å². The van der Waals surface area contributed by atoms with E-state index < -0.39 is 0 Å². The van der Waals surface area contributed by atoms with Crippen molar-refractivity contribution < 1.29 is 9.53 Å². The van der Waals surface area contributed by atoms with E-state index in [2.05, 4.69) is 24.4 Å². The summed E-state index contributed by atoms with van der Waals surface area (Å²) in [5.41, 5.74) is 1.13. The summed E-state index contributed by atoms with van der Waals surface area (Å²) < 4.78 is 5.16. The number of unbranched alkanes of at least 4 members (excludes halogenated alkanes) is 1. The lowest BCUT2D eigenvalue weighted by atomic mass is 10.0. The number of nitrogens with zero attached hydrogens (tertiary/aromatic N) is 1. The maximum absolute atomic E-state index is 11.6. The molecule has 1 amide bonds. The molecule has 1 fully saturated rings. The zero-order valence-electron chi connectivity index (χ0n) is 11.5. The van der Waals surface area contributed by atoms with E-state index in [9.17, 15) is 4.79 Å². The fourth-order valence-electron chi connectivity index (χ4n) is 2.06. The molecule has 4 heteroatoms. The van der Waals surface area contributed by atoms with E-state index in [4.69, 9.17) is 4.74 Å². The Morgan fingerprint density at radius 2 is 2.11 bits per heavy atom. The van der Waals surface area contributed by atoms with Crippen LogP contribution in [0.4, 0.5) is 10.5 Å². The number of benzene rings is 1. The van der Waals surface area contributed by atoms with Crippen LogP contribution in [0, 0.1) is 5.92 Å². The second-order valence-electron chi connectivity index (χ2n) is 4.99. The molecular formula is C15H22N2O2. The molecule has 1 saturated heterocycles. The summed E-state index contributed by atoms with van der Waals surface area (Å²) >= 11 is 0. The highest BCUT2D eigenvalue weighted by atomic mass is 16.6. The predicted molar refractivity (Wildman–Crippen MR) is 76.3 cm³/mol. The number of amides is 1. The Hall–Kier alpha value is -1.71. The topological polar surface area (TPSA) is 41.6 Å². The molecule has 0 unspecified atom stereocenters. The van der Waals surface area contributed by atoms with Gasteiger partial charge in [-0.1, -0.05) is 31.5 Å². The molecule has 1 aliphatic heterocycles. The normalized spacial score (nSPS) is 14.9. The Kier molecular flexibility index (Phi) is 5.07. The number of para-hydroxylation sites is 1. The highest BCUT2D eigenvalue weighted by molar-refractivity contribution is 5.68. The van der Waals surface area contributed by atoms with Crippen LogP contribution in [0.3, 0.4) is 0 Å². The third-order valence-corrected chi connectivity index (χ3v) is 3.31. The number of rotatable bonds is 6. The summed E-state index contributed by atoms with van der Waals surface area (Å²) in [6.07, 6.45) is 1.83. The van der Waals surface area contributed by atoms with Gasteiger partial charge in [0, 0.05) is 31.2 Å². The van der Waals surface area contributed by atoms with Gasteiger partial charge < -0.3 is 15.0 Å². The lowest BCUT2D eigenvalue weighted by Crippen LogP contribution is -2.52. The Balaban J connectivity index is 1.60. The number of nitrogens with one attached hydrogen (secondary N) is 1. The Morgan fingerprint density at radius 1 is 1.37 bits per heavy atom. The van der Waals surface area contributed by atoms with Crippen molar-refractivity contribution in [2.45, 2.75) is 19.8 Å². The van der Waals surface area contributed by atoms with Crippen molar-refractivity contribution in [2.24, 2.45) is 5.92 Å². The van der Waals surface area contributed by atoms with E-state index in [0.717, 1.165) is 38.2 Å². The molecule has 0 spiro atoms. The summed E-state index contributed by atoms with van der Waals surface area (Å²) in [6, 6.07) is 10.1. The fourth-order valence-corrected chi connectivity index (χ4v) is 2.06. The smallest absolute Gasteiger partial charge is 0.409 e. The van der Waals surface area contributed by atoms with E-state index >= 15 is 0 Å². The van der Waals surface area contributed by atoms with Crippen molar-refractivity contribution in [1.29, 1.82) is 0 Å². The first-order chi connectivity index (χ1) is 9.29. The summed E-state index contributed by atoms with van der Waals surface area (Å²) in [7, 11) is 0. The van der Waals surface area contributed by atoms with Crippen molar-refractivity contribution in [3.05, 3.63) is 30.3 Å². The third kappa shape index (κ3) is 4.16. The van der Waals surface area contributed by atoms with Gasteiger partial charge in [0.25, 0.3) is 0 Å². The first-order valence-electron chi connectivity index (χ1n) is 7.00. The number of carbonyl (C=O) groups is 1. The van der Waals surface area contributed by atoms with E-state index in [0.29, 0.717) is 12.5 Å². The van der Waals surface area contributed by atoms with E-state index in [1.165, 1.54) is 0 Å². The molecule has 1 heterocycles. The molecule has 0 bridgehead atoms. The van der Waals surface area contributed by atoms with Gasteiger partial charge in [-0.15, -0.1) is 0 Å². The molecular weight excluding hydrogens is 240 g/mol. The first-order valence-corrected chi connectivity index (χ1v) is 7.00. The zero-order valence-corrected chi connectivity index (χ0v) is 11.5. The van der Waals surface area contributed by atoms with Crippen molar-refractivity contribution in [3.8, 4) is 0 Å². The Labute approximate surface area is 114 Å². The quantitative estimate of drug-likeness (QED) is 0.801. The predicted octanol–water partition coefficient (Wildman–Crippen LogP) is 2.97. The molecule has 1 aromatic carbocycles. The highest BCUT2D eigenvalue weighted by Gasteiger charge is 2.31. The van der Waals surface area contributed by atoms with Crippen LogP contribution >= 0.6 is 0 Å². The number of anilines is 1. The molecule has 0 aromatic heterocycles. The van der Waals surface area contributed by atoms with Gasteiger partial charge in [0.15, 0.2) is 0 Å². The van der Waals surface area contributed by atoms with Crippen molar-refractivity contribution in [1.82, 2.24) is 4.90 Å². The highest BCUT2D eigenvalue weighted by Crippen LogP contribution is 2.17. The average molecular weight is 262 g/mol. The minimum atomic E-state index is -0.163. The molecule has 0 radical (unpaired) electrons. The van der Waals surface area contributed by atoms with Gasteiger partial charge in [-0.05, 0) is 18.6 Å². The molecule has 1 aliphatic rings. The van der Waals surface area contributed by atoms with Crippen LogP contribution in [0.5, 0.6) is 0 Å². The number of hydrogen-bond donors (Lipinski definition) is 1. The third-order valence-electron chi connectivity index (χ3n) is 3.31. The molecule has 104 valence electrons. The summed E-state index contributed by atoms with van der Waals surface area (Å²) in [4.78, 5) is 13.4. The summed E-state index contributed by atoms with van der Waals surface area (Å²) in [5, 5.41) is 3.38. The SMILES string of the molecule is CCCCOC(=O)N1CC(CNc2ccccc2)C1. The van der Waals surface area contributed by atoms with Crippen LogP contribution < -0.4 is 5.32 Å². The average Bonchev–Trinajstić information content (AvgIpc) is 2.38. The molecule has 2 rings (SSSR count). The number of likely N-dealkylation sites (tertiary alicyclic amines) is 1. The molecule has 0 aliphatic carbocycles. The van der Waals surface area contributed by atoms with Crippen LogP contribution in [0.25, 0.3) is 0 Å². The van der Waals surface area contributed by atoms with Gasteiger partial charge in [-0.2, -0.15) is 0 Å². The first kappa shape index (κ1) is 13.7. The van der Waals surface area contributed by atoms with Gasteiger partial charge in [-0.3, -0.25) is 0 Å². The standard InChI is InChI=1S/C15H22N2O2/c1-2-3-9-19-15(18)17-11-13(12-17)10-16-14-7-5-4-6-8-14/h4-8,13,16H,2-3,9-12H2,1H3. The Morgan fingerprint density at radius 3 is 2.79 bits per heavy atom. The van der Waals surface area contributed by atoms with Crippen molar-refractivity contribution >= 4 is 11.8 Å². The molecule has 1 aromatic rings. The molecule has 4 nitrogen and oxygen atoms in total. The minimum Gasteiger partial charge on any atom is -0.449 e. The summed E-state index contributed by atoms with van der Waals surface area (Å²) in [5.74, 6) is 0.527. The number of hydrogen-bond acceptors (Lipinski definition) is 3. The molecule has 1 N–H and O–H groups in total. The van der Waals surface area contributed by atoms with Gasteiger partial charge in [0.2, 0.25) is 0 Å².